The summed E-state index contributed by atoms with van der Waals surface area (Å²) in [5.74, 6) is 0.835. The van der Waals surface area contributed by atoms with Crippen molar-refractivity contribution < 1.29 is 4.74 Å². The first-order valence-electron chi connectivity index (χ1n) is 9.79. The average Bonchev–Trinajstić information content (AvgIpc) is 3.25. The molecule has 2 heterocycles. The number of fused-ring (bicyclic) bond motifs is 1. The number of methoxy groups -OCH3 is 1. The first-order valence-corrected chi connectivity index (χ1v) is 11.4. The summed E-state index contributed by atoms with van der Waals surface area (Å²) in [6, 6.07) is 30.6. The van der Waals surface area contributed by atoms with Crippen LogP contribution in [0.4, 0.5) is 0 Å². The highest BCUT2D eigenvalue weighted by Gasteiger charge is 2.14. The molecule has 0 bridgehead atoms. The lowest BCUT2D eigenvalue weighted by Gasteiger charge is -2.06. The topological polar surface area (TPSA) is 50.8 Å². The maximum absolute atomic E-state index is 5.28. The molecule has 0 fully saturated rings. The van der Waals surface area contributed by atoms with Gasteiger partial charge in [0.1, 0.15) is 16.4 Å². The number of H-pyrrole nitrogens is 1. The van der Waals surface area contributed by atoms with E-state index >= 15 is 0 Å². The molecule has 0 saturated carbocycles. The molecule has 2 aromatic heterocycles. The molecule has 4 nitrogen and oxygen atoms in total. The van der Waals surface area contributed by atoms with Gasteiger partial charge in [0.05, 0.1) is 12.5 Å². The summed E-state index contributed by atoms with van der Waals surface area (Å²) in [6.45, 7) is 0. The highest BCUT2D eigenvalue weighted by Crippen LogP contribution is 2.36. The van der Waals surface area contributed by atoms with E-state index in [0.717, 1.165) is 48.0 Å². The van der Waals surface area contributed by atoms with Crippen LogP contribution in [0.25, 0.3) is 22.3 Å². The summed E-state index contributed by atoms with van der Waals surface area (Å²) in [5, 5.41) is 2.67. The molecule has 0 radical (unpaired) electrons. The maximum Gasteiger partial charge on any atom is 0.195 e. The molecule has 5 rings (SSSR count). The Morgan fingerprint density at radius 2 is 1.39 bits per heavy atom. The molecule has 0 aliphatic carbocycles. The summed E-state index contributed by atoms with van der Waals surface area (Å²) in [4.78, 5) is 15.4. The van der Waals surface area contributed by atoms with Crippen molar-refractivity contribution in [3.8, 4) is 17.0 Å². The molecule has 0 unspecified atom stereocenters. The molecule has 0 saturated heterocycles. The van der Waals surface area contributed by atoms with Crippen LogP contribution in [0.1, 0.15) is 0 Å². The van der Waals surface area contributed by atoms with Crippen molar-refractivity contribution in [2.24, 2.45) is 0 Å². The molecule has 152 valence electrons. The number of rotatable bonds is 6. The van der Waals surface area contributed by atoms with Crippen molar-refractivity contribution in [3.05, 3.63) is 91.0 Å². The van der Waals surface area contributed by atoms with E-state index in [-0.39, 0.29) is 0 Å². The molecule has 0 aliphatic rings. The van der Waals surface area contributed by atoms with E-state index in [9.17, 15) is 0 Å². The summed E-state index contributed by atoms with van der Waals surface area (Å²) in [6.07, 6.45) is 0. The minimum Gasteiger partial charge on any atom is -0.497 e. The largest absolute Gasteiger partial charge is 0.497 e. The molecule has 6 heteroatoms. The minimum atomic E-state index is 0.722. The molecular weight excluding hydrogens is 422 g/mol. The number of hydrogen-bond acceptors (Lipinski definition) is 5. The number of aromatic amines is 1. The zero-order valence-corrected chi connectivity index (χ0v) is 18.4. The fourth-order valence-corrected chi connectivity index (χ4v) is 4.96. The smallest absolute Gasteiger partial charge is 0.195 e. The molecule has 1 N–H and O–H groups in total. The number of ether oxygens (including phenoxy) is 1. The summed E-state index contributed by atoms with van der Waals surface area (Å²) >= 11 is 3.22. The number of nitrogens with one attached hydrogen (secondary N) is 1. The molecule has 0 atom stereocenters. The van der Waals surface area contributed by atoms with Crippen LogP contribution in [-0.2, 0) is 0 Å². The van der Waals surface area contributed by atoms with Crippen molar-refractivity contribution in [1.82, 2.24) is 15.0 Å². The quantitative estimate of drug-likeness (QED) is 0.229. The van der Waals surface area contributed by atoms with Gasteiger partial charge in [0.15, 0.2) is 5.16 Å². The Kier molecular flexibility index (Phi) is 5.65. The van der Waals surface area contributed by atoms with Crippen molar-refractivity contribution >= 4 is 34.6 Å². The van der Waals surface area contributed by atoms with Gasteiger partial charge in [-0.05, 0) is 71.9 Å². The molecule has 31 heavy (non-hydrogen) atoms. The van der Waals surface area contributed by atoms with Crippen LogP contribution in [0.2, 0.25) is 0 Å². The van der Waals surface area contributed by atoms with Crippen LogP contribution in [-0.4, -0.2) is 22.1 Å². The summed E-state index contributed by atoms with van der Waals surface area (Å²) in [5.41, 5.74) is 2.91. The van der Waals surface area contributed by atoms with Gasteiger partial charge >= 0.3 is 0 Å². The second-order valence-corrected chi connectivity index (χ2v) is 8.92. The Labute approximate surface area is 189 Å². The number of aromatic nitrogens is 3. The van der Waals surface area contributed by atoms with Gasteiger partial charge in [-0.15, -0.1) is 0 Å². The monoisotopic (exact) mass is 441 g/mol. The maximum atomic E-state index is 5.28. The van der Waals surface area contributed by atoms with Crippen LogP contribution in [0.3, 0.4) is 0 Å². The van der Waals surface area contributed by atoms with E-state index in [1.807, 2.05) is 60.7 Å². The van der Waals surface area contributed by atoms with Crippen LogP contribution >= 0.6 is 23.5 Å². The first kappa shape index (κ1) is 19.7. The summed E-state index contributed by atoms with van der Waals surface area (Å²) < 4.78 is 5.28. The van der Waals surface area contributed by atoms with Gasteiger partial charge in [0, 0.05) is 15.5 Å². The lowest BCUT2D eigenvalue weighted by molar-refractivity contribution is 0.415. The predicted molar refractivity (Wildman–Crippen MR) is 127 cm³/mol. The van der Waals surface area contributed by atoms with Crippen molar-refractivity contribution in [3.63, 3.8) is 0 Å². The van der Waals surface area contributed by atoms with E-state index in [0.29, 0.717) is 0 Å². The third kappa shape index (κ3) is 4.45. The Morgan fingerprint density at radius 1 is 0.742 bits per heavy atom. The Balaban J connectivity index is 1.58. The van der Waals surface area contributed by atoms with E-state index in [1.54, 1.807) is 30.6 Å². The van der Waals surface area contributed by atoms with Crippen LogP contribution in [0.15, 0.2) is 111 Å². The SMILES string of the molecule is COc1ccc(-c2cc3c(Sc4ccccc4)nc(Sc4ccccc4)nc3[nH]2)cc1. The van der Waals surface area contributed by atoms with Crippen molar-refractivity contribution in [2.45, 2.75) is 20.0 Å². The van der Waals surface area contributed by atoms with Crippen LogP contribution in [0.5, 0.6) is 5.75 Å². The fourth-order valence-electron chi connectivity index (χ4n) is 3.21. The zero-order valence-electron chi connectivity index (χ0n) is 16.8. The van der Waals surface area contributed by atoms with E-state index in [2.05, 4.69) is 35.3 Å². The number of nitrogens with zero attached hydrogens (tertiary/aromatic N) is 2. The van der Waals surface area contributed by atoms with Gasteiger partial charge in [-0.1, -0.05) is 48.2 Å². The Morgan fingerprint density at radius 3 is 2.03 bits per heavy atom. The van der Waals surface area contributed by atoms with Gasteiger partial charge in [-0.2, -0.15) is 0 Å². The average molecular weight is 442 g/mol. The molecule has 5 aromatic rings. The standard InChI is InChI=1S/C25H19N3OS2/c1-29-18-14-12-17(13-15-18)22-16-21-23(26-22)27-25(31-20-10-6-3-7-11-20)28-24(21)30-19-8-4-2-5-9-19/h2-16H,1H3,(H,26,27,28). The first-order chi connectivity index (χ1) is 15.3. The van der Waals surface area contributed by atoms with Gasteiger partial charge < -0.3 is 9.72 Å². The predicted octanol–water partition coefficient (Wildman–Crippen LogP) is 6.94. The van der Waals surface area contributed by atoms with Gasteiger partial charge in [0.2, 0.25) is 0 Å². The summed E-state index contributed by atoms with van der Waals surface area (Å²) in [7, 11) is 1.67. The van der Waals surface area contributed by atoms with Gasteiger partial charge in [-0.3, -0.25) is 0 Å². The Bertz CT molecular complexity index is 1300. The molecule has 0 spiro atoms. The molecule has 3 aromatic carbocycles. The van der Waals surface area contributed by atoms with Crippen LogP contribution in [0, 0.1) is 0 Å². The van der Waals surface area contributed by atoms with Crippen molar-refractivity contribution in [2.75, 3.05) is 7.11 Å². The zero-order chi connectivity index (χ0) is 21.0. The van der Waals surface area contributed by atoms with Crippen LogP contribution < -0.4 is 4.74 Å². The van der Waals surface area contributed by atoms with Gasteiger partial charge in [-0.25, -0.2) is 9.97 Å². The second-order valence-electron chi connectivity index (χ2n) is 6.82. The van der Waals surface area contributed by atoms with E-state index < -0.39 is 0 Å². The minimum absolute atomic E-state index is 0.722. The van der Waals surface area contributed by atoms with Crippen molar-refractivity contribution in [1.29, 1.82) is 0 Å². The molecule has 0 amide bonds. The fraction of sp³-hybridized carbons (Fsp3) is 0.0400. The van der Waals surface area contributed by atoms with Gasteiger partial charge in [0.25, 0.3) is 0 Å². The third-order valence-corrected chi connectivity index (χ3v) is 6.63. The second kappa shape index (κ2) is 8.88. The number of benzene rings is 3. The highest BCUT2D eigenvalue weighted by atomic mass is 32.2. The Hall–Kier alpha value is -3.22. The lowest BCUT2D eigenvalue weighted by atomic mass is 10.1. The molecule has 0 aliphatic heterocycles. The number of hydrogen-bond donors (Lipinski definition) is 1. The third-order valence-electron chi connectivity index (χ3n) is 4.74. The highest BCUT2D eigenvalue weighted by molar-refractivity contribution is 8.00. The lowest BCUT2D eigenvalue weighted by Crippen LogP contribution is -1.91. The normalized spacial score (nSPS) is 11.0. The molecular formula is C25H19N3OS2. The van der Waals surface area contributed by atoms with E-state index in [1.165, 1.54) is 0 Å². The van der Waals surface area contributed by atoms with E-state index in [4.69, 9.17) is 14.7 Å².